The summed E-state index contributed by atoms with van der Waals surface area (Å²) in [6.07, 6.45) is 3.78. The molecule has 142 valence electrons. The molecule has 0 bridgehead atoms. The van der Waals surface area contributed by atoms with Crippen LogP contribution in [0.15, 0.2) is 60.2 Å². The average molecular weight is 392 g/mol. The van der Waals surface area contributed by atoms with Crippen LogP contribution in [0.5, 0.6) is 0 Å². The van der Waals surface area contributed by atoms with Crippen LogP contribution in [0.3, 0.4) is 0 Å². The van der Waals surface area contributed by atoms with Gasteiger partial charge in [0.1, 0.15) is 5.01 Å². The van der Waals surface area contributed by atoms with Gasteiger partial charge in [-0.05, 0) is 24.3 Å². The number of hydrogen-bond donors (Lipinski definition) is 0. The first kappa shape index (κ1) is 18.3. The van der Waals surface area contributed by atoms with Crippen molar-refractivity contribution in [1.29, 1.82) is 0 Å². The van der Waals surface area contributed by atoms with E-state index in [0.717, 1.165) is 16.3 Å². The fraction of sp³-hybridized carbons (Fsp3) is 0.238. The third-order valence-corrected chi connectivity index (χ3v) is 5.67. The third-order valence-electron chi connectivity index (χ3n) is 4.73. The minimum Gasteiger partial charge on any atom is -0.339 e. The topological polar surface area (TPSA) is 66.4 Å². The highest BCUT2D eigenvalue weighted by Crippen LogP contribution is 2.23. The number of piperazine rings is 1. The van der Waals surface area contributed by atoms with E-state index in [1.54, 1.807) is 12.4 Å². The summed E-state index contributed by atoms with van der Waals surface area (Å²) in [4.78, 5) is 37.4. The zero-order valence-electron chi connectivity index (χ0n) is 15.3. The number of carbonyl (C=O) groups excluding carboxylic acids is 2. The Kier molecular flexibility index (Phi) is 5.43. The van der Waals surface area contributed by atoms with E-state index in [4.69, 9.17) is 0 Å². The van der Waals surface area contributed by atoms with Gasteiger partial charge in [0.15, 0.2) is 0 Å². The standard InChI is InChI=1S/C21H20N4O2S/c26-19(13-18-15-28-20(23-18)17-7-4-8-22-14-17)24-9-11-25(12-10-24)21(27)16-5-2-1-3-6-16/h1-8,14-15H,9-13H2. The maximum atomic E-state index is 12.6. The molecule has 2 aromatic heterocycles. The lowest BCUT2D eigenvalue weighted by Gasteiger charge is -2.34. The van der Waals surface area contributed by atoms with Crippen LogP contribution < -0.4 is 0 Å². The minimum atomic E-state index is 0.0216. The number of carbonyl (C=O) groups is 2. The number of benzene rings is 1. The maximum absolute atomic E-state index is 12.6. The molecule has 0 N–H and O–H groups in total. The van der Waals surface area contributed by atoms with Gasteiger partial charge in [0.05, 0.1) is 12.1 Å². The van der Waals surface area contributed by atoms with Crippen molar-refractivity contribution in [2.75, 3.05) is 26.2 Å². The number of amides is 2. The second-order valence-electron chi connectivity index (χ2n) is 6.60. The molecule has 1 fully saturated rings. The number of pyridine rings is 1. The summed E-state index contributed by atoms with van der Waals surface area (Å²) >= 11 is 1.52. The Morgan fingerprint density at radius 2 is 1.71 bits per heavy atom. The van der Waals surface area contributed by atoms with Crippen molar-refractivity contribution >= 4 is 23.2 Å². The first-order valence-electron chi connectivity index (χ1n) is 9.17. The van der Waals surface area contributed by atoms with E-state index < -0.39 is 0 Å². The number of aromatic nitrogens is 2. The molecule has 0 radical (unpaired) electrons. The van der Waals surface area contributed by atoms with Gasteiger partial charge in [-0.3, -0.25) is 14.6 Å². The van der Waals surface area contributed by atoms with E-state index in [1.807, 2.05) is 57.6 Å². The van der Waals surface area contributed by atoms with E-state index in [1.165, 1.54) is 11.3 Å². The zero-order valence-corrected chi connectivity index (χ0v) is 16.1. The zero-order chi connectivity index (χ0) is 19.3. The molecular weight excluding hydrogens is 372 g/mol. The summed E-state index contributed by atoms with van der Waals surface area (Å²) in [5, 5.41) is 2.80. The van der Waals surface area contributed by atoms with Crippen molar-refractivity contribution in [3.8, 4) is 10.6 Å². The Hall–Kier alpha value is -3.06. The van der Waals surface area contributed by atoms with Crippen molar-refractivity contribution in [3.63, 3.8) is 0 Å². The molecule has 0 atom stereocenters. The first-order chi connectivity index (χ1) is 13.7. The molecule has 2 amide bonds. The predicted molar refractivity (Wildman–Crippen MR) is 108 cm³/mol. The molecule has 0 saturated carbocycles. The monoisotopic (exact) mass is 392 g/mol. The molecule has 1 saturated heterocycles. The lowest BCUT2D eigenvalue weighted by Crippen LogP contribution is -2.51. The summed E-state index contributed by atoms with van der Waals surface area (Å²) in [7, 11) is 0. The molecule has 1 aliphatic heterocycles. The molecule has 4 rings (SSSR count). The fourth-order valence-electron chi connectivity index (χ4n) is 3.20. The Balaban J connectivity index is 1.32. The summed E-state index contributed by atoms with van der Waals surface area (Å²) in [6, 6.07) is 13.1. The summed E-state index contributed by atoms with van der Waals surface area (Å²) in [5.41, 5.74) is 2.42. The van der Waals surface area contributed by atoms with Crippen molar-refractivity contribution in [2.45, 2.75) is 6.42 Å². The van der Waals surface area contributed by atoms with Gasteiger partial charge in [-0.15, -0.1) is 11.3 Å². The summed E-state index contributed by atoms with van der Waals surface area (Å²) in [5.74, 6) is 0.0724. The van der Waals surface area contributed by atoms with Gasteiger partial charge in [-0.1, -0.05) is 18.2 Å². The number of thiazole rings is 1. The van der Waals surface area contributed by atoms with Gasteiger partial charge in [0.25, 0.3) is 5.91 Å². The van der Waals surface area contributed by atoms with Crippen LogP contribution in [-0.2, 0) is 11.2 Å². The fourth-order valence-corrected chi connectivity index (χ4v) is 4.01. The number of nitrogens with zero attached hydrogens (tertiary/aromatic N) is 4. The molecule has 7 heteroatoms. The van der Waals surface area contributed by atoms with E-state index in [0.29, 0.717) is 31.7 Å². The van der Waals surface area contributed by atoms with Gasteiger partial charge < -0.3 is 9.80 Å². The number of rotatable bonds is 4. The van der Waals surface area contributed by atoms with Crippen LogP contribution in [0.25, 0.3) is 10.6 Å². The molecule has 3 heterocycles. The second kappa shape index (κ2) is 8.31. The van der Waals surface area contributed by atoms with Crippen LogP contribution in [0.4, 0.5) is 0 Å². The second-order valence-corrected chi connectivity index (χ2v) is 7.46. The quantitative estimate of drug-likeness (QED) is 0.685. The average Bonchev–Trinajstić information content (AvgIpc) is 3.23. The van der Waals surface area contributed by atoms with E-state index in [9.17, 15) is 9.59 Å². The van der Waals surface area contributed by atoms with Gasteiger partial charge in [-0.2, -0.15) is 0 Å². The molecule has 0 unspecified atom stereocenters. The van der Waals surface area contributed by atoms with Crippen molar-refractivity contribution in [3.05, 3.63) is 71.5 Å². The van der Waals surface area contributed by atoms with E-state index in [-0.39, 0.29) is 18.2 Å². The smallest absolute Gasteiger partial charge is 0.253 e. The minimum absolute atomic E-state index is 0.0216. The number of hydrogen-bond acceptors (Lipinski definition) is 5. The van der Waals surface area contributed by atoms with Crippen LogP contribution in [-0.4, -0.2) is 57.8 Å². The first-order valence-corrected chi connectivity index (χ1v) is 10.1. The Bertz CT molecular complexity index is 951. The SMILES string of the molecule is O=C(Cc1csc(-c2cccnc2)n1)N1CCN(C(=O)c2ccccc2)CC1. The van der Waals surface area contributed by atoms with Crippen molar-refractivity contribution in [2.24, 2.45) is 0 Å². The molecule has 6 nitrogen and oxygen atoms in total. The highest BCUT2D eigenvalue weighted by molar-refractivity contribution is 7.13. The van der Waals surface area contributed by atoms with Crippen molar-refractivity contribution in [1.82, 2.24) is 19.8 Å². The van der Waals surface area contributed by atoms with Crippen molar-refractivity contribution < 1.29 is 9.59 Å². The molecule has 1 aliphatic rings. The van der Waals surface area contributed by atoms with Gasteiger partial charge in [0, 0.05) is 55.1 Å². The maximum Gasteiger partial charge on any atom is 0.253 e. The third kappa shape index (κ3) is 4.09. The largest absolute Gasteiger partial charge is 0.339 e. The highest BCUT2D eigenvalue weighted by Gasteiger charge is 2.25. The normalized spacial score (nSPS) is 14.1. The Morgan fingerprint density at radius 1 is 0.964 bits per heavy atom. The molecule has 1 aromatic carbocycles. The summed E-state index contributed by atoms with van der Waals surface area (Å²) < 4.78 is 0. The molecule has 28 heavy (non-hydrogen) atoms. The van der Waals surface area contributed by atoms with Gasteiger partial charge >= 0.3 is 0 Å². The molecular formula is C21H20N4O2S. The Morgan fingerprint density at radius 3 is 2.43 bits per heavy atom. The van der Waals surface area contributed by atoms with Gasteiger partial charge in [0.2, 0.25) is 5.91 Å². The Labute approximate surface area is 167 Å². The van der Waals surface area contributed by atoms with Crippen LogP contribution in [0.1, 0.15) is 16.1 Å². The molecule has 3 aromatic rings. The molecule has 0 spiro atoms. The lowest BCUT2D eigenvalue weighted by atomic mass is 10.2. The van der Waals surface area contributed by atoms with E-state index in [2.05, 4.69) is 9.97 Å². The predicted octanol–water partition coefficient (Wildman–Crippen LogP) is 2.73. The highest BCUT2D eigenvalue weighted by atomic mass is 32.1. The summed E-state index contributed by atoms with van der Waals surface area (Å²) in [6.45, 7) is 2.21. The lowest BCUT2D eigenvalue weighted by molar-refractivity contribution is -0.132. The van der Waals surface area contributed by atoms with Crippen LogP contribution >= 0.6 is 11.3 Å². The van der Waals surface area contributed by atoms with Crippen LogP contribution in [0, 0.1) is 0 Å². The van der Waals surface area contributed by atoms with Crippen LogP contribution in [0.2, 0.25) is 0 Å². The van der Waals surface area contributed by atoms with E-state index >= 15 is 0 Å². The van der Waals surface area contributed by atoms with Gasteiger partial charge in [-0.25, -0.2) is 4.98 Å². The molecule has 0 aliphatic carbocycles.